The quantitative estimate of drug-likeness (QED) is 0.686. The monoisotopic (exact) mass is 284 g/mol. The molecule has 9 heteroatoms. The Morgan fingerprint density at radius 2 is 2.21 bits per heavy atom. The van der Waals surface area contributed by atoms with Crippen molar-refractivity contribution in [3.8, 4) is 11.6 Å². The highest BCUT2D eigenvalue weighted by molar-refractivity contribution is 6.30. The van der Waals surface area contributed by atoms with Crippen LogP contribution in [-0.4, -0.2) is 14.9 Å². The number of anilines is 1. The third-order valence-electron chi connectivity index (χ3n) is 2.06. The van der Waals surface area contributed by atoms with Crippen LogP contribution >= 0.6 is 11.6 Å². The number of nitrogens with zero attached hydrogens (tertiary/aromatic N) is 3. The molecule has 98 valence electrons. The first-order valence-corrected chi connectivity index (χ1v) is 5.25. The number of ether oxygens (including phenoxy) is 1. The molecular weight excluding hydrogens is 279 g/mol. The lowest BCUT2D eigenvalue weighted by Gasteiger charge is -2.06. The van der Waals surface area contributed by atoms with Gasteiger partial charge in [0.2, 0.25) is 17.5 Å². The minimum atomic E-state index is -0.900. The van der Waals surface area contributed by atoms with Gasteiger partial charge in [-0.2, -0.15) is 9.37 Å². The van der Waals surface area contributed by atoms with Gasteiger partial charge in [0.05, 0.1) is 11.1 Å². The van der Waals surface area contributed by atoms with Crippen molar-refractivity contribution in [2.45, 2.75) is 0 Å². The maximum absolute atomic E-state index is 13.4. The van der Waals surface area contributed by atoms with E-state index < -0.39 is 16.6 Å². The highest BCUT2D eigenvalue weighted by atomic mass is 35.5. The van der Waals surface area contributed by atoms with Crippen LogP contribution < -0.4 is 10.5 Å². The highest BCUT2D eigenvalue weighted by Gasteiger charge is 2.18. The van der Waals surface area contributed by atoms with Gasteiger partial charge < -0.3 is 10.5 Å². The molecule has 1 aromatic heterocycles. The fourth-order valence-electron chi connectivity index (χ4n) is 1.26. The fourth-order valence-corrected chi connectivity index (χ4v) is 1.42. The molecule has 0 aliphatic heterocycles. The van der Waals surface area contributed by atoms with Crippen molar-refractivity contribution in [1.29, 1.82) is 0 Å². The zero-order valence-electron chi connectivity index (χ0n) is 9.21. The number of nitro groups is 1. The molecule has 1 aromatic carbocycles. The van der Waals surface area contributed by atoms with E-state index in [0.717, 1.165) is 12.3 Å². The number of hydrogen-bond acceptors (Lipinski definition) is 6. The molecule has 0 unspecified atom stereocenters. The van der Waals surface area contributed by atoms with Crippen LogP contribution in [0.5, 0.6) is 11.6 Å². The van der Waals surface area contributed by atoms with Crippen molar-refractivity contribution in [2.24, 2.45) is 0 Å². The second-order valence-electron chi connectivity index (χ2n) is 3.35. The maximum atomic E-state index is 13.4. The largest absolute Gasteiger partial charge is 0.429 e. The summed E-state index contributed by atoms with van der Waals surface area (Å²) in [6.07, 6.45) is 0.800. The number of halogens is 2. The lowest BCUT2D eigenvalue weighted by molar-refractivity contribution is -0.385. The molecule has 0 radical (unpaired) electrons. The summed E-state index contributed by atoms with van der Waals surface area (Å²) < 4.78 is 18.4. The minimum Gasteiger partial charge on any atom is -0.429 e. The Morgan fingerprint density at radius 3 is 2.89 bits per heavy atom. The third kappa shape index (κ3) is 2.86. The van der Waals surface area contributed by atoms with Gasteiger partial charge in [-0.05, 0) is 6.07 Å². The first-order valence-electron chi connectivity index (χ1n) is 4.87. The average molecular weight is 285 g/mol. The second-order valence-corrected chi connectivity index (χ2v) is 3.79. The number of nitrogens with two attached hydrogens (primary N) is 1. The average Bonchev–Trinajstić information content (AvgIpc) is 2.33. The number of rotatable bonds is 3. The topological polar surface area (TPSA) is 104 Å². The predicted molar refractivity (Wildman–Crippen MR) is 64.6 cm³/mol. The molecule has 1 heterocycles. The van der Waals surface area contributed by atoms with E-state index in [1.807, 2.05) is 0 Å². The van der Waals surface area contributed by atoms with Gasteiger partial charge >= 0.3 is 5.69 Å². The summed E-state index contributed by atoms with van der Waals surface area (Å²) in [6.45, 7) is 0. The van der Waals surface area contributed by atoms with E-state index in [-0.39, 0.29) is 22.4 Å². The van der Waals surface area contributed by atoms with Crippen LogP contribution in [0.3, 0.4) is 0 Å². The first kappa shape index (κ1) is 13.0. The van der Waals surface area contributed by atoms with E-state index in [9.17, 15) is 14.5 Å². The van der Waals surface area contributed by atoms with Gasteiger partial charge in [0, 0.05) is 17.2 Å². The Balaban J connectivity index is 2.45. The lowest BCUT2D eigenvalue weighted by Crippen LogP contribution is -2.01. The van der Waals surface area contributed by atoms with Crippen LogP contribution in [0.25, 0.3) is 0 Å². The van der Waals surface area contributed by atoms with Crippen molar-refractivity contribution in [3.63, 3.8) is 0 Å². The normalized spacial score (nSPS) is 10.2. The fraction of sp³-hybridized carbons (Fsp3) is 0. The molecule has 0 saturated carbocycles. The summed E-state index contributed by atoms with van der Waals surface area (Å²) in [6, 6.07) is 3.63. The summed E-state index contributed by atoms with van der Waals surface area (Å²) >= 11 is 5.71. The Kier molecular flexibility index (Phi) is 3.43. The highest BCUT2D eigenvalue weighted by Crippen LogP contribution is 2.33. The number of hydrogen-bond donors (Lipinski definition) is 1. The van der Waals surface area contributed by atoms with Crippen molar-refractivity contribution in [2.75, 3.05) is 5.73 Å². The van der Waals surface area contributed by atoms with Gasteiger partial charge in [0.1, 0.15) is 0 Å². The zero-order chi connectivity index (χ0) is 14.0. The van der Waals surface area contributed by atoms with Crippen LogP contribution in [0.2, 0.25) is 5.02 Å². The molecular formula is C10H6ClFN4O3. The number of nitro benzene ring substituents is 1. The summed E-state index contributed by atoms with van der Waals surface area (Å²) in [5.74, 6) is -1.88. The van der Waals surface area contributed by atoms with Crippen molar-refractivity contribution in [1.82, 2.24) is 9.97 Å². The molecule has 0 aliphatic carbocycles. The Hall–Kier alpha value is -2.48. The van der Waals surface area contributed by atoms with Gasteiger partial charge in [-0.1, -0.05) is 11.6 Å². The van der Waals surface area contributed by atoms with Crippen LogP contribution in [0.1, 0.15) is 0 Å². The smallest absolute Gasteiger partial charge is 0.311 e. The Bertz CT molecular complexity index is 653. The SMILES string of the molecule is Nc1ncc(F)c(Oc2cc(Cl)ccc2[N+](=O)[O-])n1. The minimum absolute atomic E-state index is 0.197. The van der Waals surface area contributed by atoms with Gasteiger partial charge in [-0.25, -0.2) is 4.98 Å². The molecule has 2 rings (SSSR count). The lowest BCUT2D eigenvalue weighted by atomic mass is 10.3. The zero-order valence-corrected chi connectivity index (χ0v) is 9.96. The molecule has 0 saturated heterocycles. The molecule has 0 atom stereocenters. The van der Waals surface area contributed by atoms with Gasteiger partial charge in [-0.15, -0.1) is 0 Å². The van der Waals surface area contributed by atoms with E-state index in [0.29, 0.717) is 0 Å². The van der Waals surface area contributed by atoms with E-state index in [2.05, 4.69) is 9.97 Å². The van der Waals surface area contributed by atoms with Crippen LogP contribution in [0.4, 0.5) is 16.0 Å². The molecule has 0 spiro atoms. The van der Waals surface area contributed by atoms with E-state index >= 15 is 0 Å². The van der Waals surface area contributed by atoms with E-state index in [4.69, 9.17) is 22.1 Å². The van der Waals surface area contributed by atoms with E-state index in [1.54, 1.807) is 0 Å². The van der Waals surface area contributed by atoms with Crippen LogP contribution in [0.15, 0.2) is 24.4 Å². The summed E-state index contributed by atoms with van der Waals surface area (Å²) in [5.41, 5.74) is 4.91. The molecule has 2 N–H and O–H groups in total. The second kappa shape index (κ2) is 5.02. The molecule has 0 amide bonds. The van der Waals surface area contributed by atoms with Gasteiger partial charge in [0.25, 0.3) is 5.88 Å². The van der Waals surface area contributed by atoms with Gasteiger partial charge in [0.15, 0.2) is 0 Å². The molecule has 19 heavy (non-hydrogen) atoms. The number of nitrogen functional groups attached to an aromatic ring is 1. The maximum Gasteiger partial charge on any atom is 0.311 e. The molecule has 0 aliphatic rings. The summed E-state index contributed by atoms with van der Waals surface area (Å²) in [7, 11) is 0. The molecule has 2 aromatic rings. The van der Waals surface area contributed by atoms with Crippen LogP contribution in [0, 0.1) is 15.9 Å². The first-order chi connectivity index (χ1) is 8.97. The molecule has 7 nitrogen and oxygen atoms in total. The number of aromatic nitrogens is 2. The van der Waals surface area contributed by atoms with Crippen molar-refractivity contribution >= 4 is 23.2 Å². The van der Waals surface area contributed by atoms with Crippen LogP contribution in [-0.2, 0) is 0 Å². The molecule has 0 fully saturated rings. The van der Waals surface area contributed by atoms with E-state index in [1.165, 1.54) is 12.1 Å². The Morgan fingerprint density at radius 1 is 1.47 bits per heavy atom. The summed E-state index contributed by atoms with van der Waals surface area (Å²) in [4.78, 5) is 17.0. The molecule has 0 bridgehead atoms. The van der Waals surface area contributed by atoms with Crippen molar-refractivity contribution < 1.29 is 14.1 Å². The Labute approximate surface area is 111 Å². The third-order valence-corrected chi connectivity index (χ3v) is 2.29. The van der Waals surface area contributed by atoms with Gasteiger partial charge in [-0.3, -0.25) is 10.1 Å². The number of benzene rings is 1. The predicted octanol–water partition coefficient (Wildman–Crippen LogP) is 2.55. The standard InChI is InChI=1S/C10H6ClFN4O3/c11-5-1-2-7(16(17)18)8(3-5)19-9-6(12)4-14-10(13)15-9/h1-4H,(H2,13,14,15). The van der Waals surface area contributed by atoms with Crippen molar-refractivity contribution in [3.05, 3.63) is 45.4 Å². The summed E-state index contributed by atoms with van der Waals surface area (Å²) in [5, 5.41) is 11.0.